The fourth-order valence-electron chi connectivity index (χ4n) is 3.23. The summed E-state index contributed by atoms with van der Waals surface area (Å²) >= 11 is 5.22. The SMILES string of the molecule is C#CCCCCNC(=S)Nc1ccc(O[C@H]2OC(CC(C(=O)O)C(=O)O)[C@@H](O)C(O)C2O)cc1. The van der Waals surface area contributed by atoms with Crippen molar-refractivity contribution in [2.24, 2.45) is 5.92 Å². The zero-order valence-corrected chi connectivity index (χ0v) is 19.0. The normalized spacial score (nSPS) is 24.1. The molecule has 0 amide bonds. The number of carboxylic acid groups (broad SMARTS) is 2. The molecule has 1 aromatic carbocycles. The quantitative estimate of drug-likeness (QED) is 0.0955. The predicted molar refractivity (Wildman–Crippen MR) is 124 cm³/mol. The lowest BCUT2D eigenvalue weighted by molar-refractivity contribution is -0.275. The van der Waals surface area contributed by atoms with Crippen LogP contribution in [0, 0.1) is 18.3 Å². The third-order valence-electron chi connectivity index (χ3n) is 5.13. The number of carbonyl (C=O) groups is 2. The van der Waals surface area contributed by atoms with Gasteiger partial charge in [0.25, 0.3) is 0 Å². The van der Waals surface area contributed by atoms with Gasteiger partial charge in [0.05, 0.1) is 6.10 Å². The number of aliphatic hydroxyl groups excluding tert-OH is 3. The summed E-state index contributed by atoms with van der Waals surface area (Å²) < 4.78 is 11.0. The van der Waals surface area contributed by atoms with Crippen LogP contribution in [0.1, 0.15) is 25.7 Å². The fraction of sp³-hybridized carbons (Fsp3) is 0.500. The van der Waals surface area contributed by atoms with Gasteiger partial charge in [0.1, 0.15) is 24.1 Å². The molecular formula is C22H28N2O9S. The second-order valence-electron chi connectivity index (χ2n) is 7.66. The number of nitrogens with one attached hydrogen (secondary N) is 2. The van der Waals surface area contributed by atoms with E-state index in [0.29, 0.717) is 23.8 Å². The summed E-state index contributed by atoms with van der Waals surface area (Å²) in [6.07, 6.45) is -0.928. The molecule has 1 saturated heterocycles. The number of thiocarbonyl (C=S) groups is 1. The number of terminal acetylenes is 1. The molecule has 0 aliphatic carbocycles. The van der Waals surface area contributed by atoms with Crippen LogP contribution in [0.3, 0.4) is 0 Å². The molecule has 1 aliphatic rings. The predicted octanol–water partition coefficient (Wildman–Crippen LogP) is 0.138. The van der Waals surface area contributed by atoms with Crippen LogP contribution in [-0.4, -0.2) is 79.8 Å². The molecule has 12 heteroatoms. The second kappa shape index (κ2) is 13.1. The van der Waals surface area contributed by atoms with Crippen molar-refractivity contribution in [1.82, 2.24) is 5.32 Å². The molecule has 0 aromatic heterocycles. The largest absolute Gasteiger partial charge is 0.481 e. The van der Waals surface area contributed by atoms with E-state index in [9.17, 15) is 24.9 Å². The zero-order chi connectivity index (χ0) is 25.3. The number of aliphatic hydroxyl groups is 3. The van der Waals surface area contributed by atoms with Crippen LogP contribution in [0.15, 0.2) is 24.3 Å². The Kier molecular flexibility index (Phi) is 10.5. The standard InChI is InChI=1S/C22H28N2O9S/c1-2-3-4-5-10-23-22(34)24-12-6-8-13(9-7-12)32-21-18(27)17(26)16(25)15(33-21)11-14(19(28)29)20(30)31/h1,6-9,14-18,21,25-27H,3-5,10-11H2,(H,28,29)(H,30,31)(H2,23,24,34)/t15?,16-,17?,18?,21+/m1/s1. The van der Waals surface area contributed by atoms with Gasteiger partial charge in [-0.15, -0.1) is 12.3 Å². The van der Waals surface area contributed by atoms with E-state index >= 15 is 0 Å². The minimum Gasteiger partial charge on any atom is -0.481 e. The Labute approximate surface area is 201 Å². The van der Waals surface area contributed by atoms with E-state index in [1.165, 1.54) is 12.1 Å². The molecule has 1 aliphatic heterocycles. The number of hydrogen-bond acceptors (Lipinski definition) is 8. The minimum absolute atomic E-state index is 0.234. The van der Waals surface area contributed by atoms with Crippen molar-refractivity contribution in [3.05, 3.63) is 24.3 Å². The van der Waals surface area contributed by atoms with Crippen LogP contribution in [0.5, 0.6) is 5.75 Å². The Bertz CT molecular complexity index is 875. The molecule has 0 spiro atoms. The lowest BCUT2D eigenvalue weighted by Crippen LogP contribution is -2.59. The first-order valence-corrected chi connectivity index (χ1v) is 10.9. The average Bonchev–Trinajstić information content (AvgIpc) is 2.79. The summed E-state index contributed by atoms with van der Waals surface area (Å²) in [6, 6.07) is 6.37. The molecule has 7 N–H and O–H groups in total. The third kappa shape index (κ3) is 7.82. The van der Waals surface area contributed by atoms with Gasteiger partial charge in [0, 0.05) is 25.1 Å². The highest BCUT2D eigenvalue weighted by molar-refractivity contribution is 7.80. The number of ether oxygens (including phenoxy) is 2. The Morgan fingerprint density at radius 2 is 1.74 bits per heavy atom. The molecule has 1 aromatic rings. The number of hydrogen-bond donors (Lipinski definition) is 7. The van der Waals surface area contributed by atoms with Crippen LogP contribution in [0.25, 0.3) is 0 Å². The van der Waals surface area contributed by atoms with Gasteiger partial charge in [-0.25, -0.2) is 0 Å². The van der Waals surface area contributed by atoms with E-state index in [1.807, 2.05) is 0 Å². The van der Waals surface area contributed by atoms with Crippen molar-refractivity contribution >= 4 is 35.0 Å². The van der Waals surface area contributed by atoms with E-state index in [1.54, 1.807) is 12.1 Å². The third-order valence-corrected chi connectivity index (χ3v) is 5.38. The molecular weight excluding hydrogens is 468 g/mol. The Hall–Kier alpha value is -2.95. The first-order valence-electron chi connectivity index (χ1n) is 10.5. The van der Waals surface area contributed by atoms with Crippen LogP contribution < -0.4 is 15.4 Å². The maximum Gasteiger partial charge on any atom is 0.317 e. The maximum absolute atomic E-state index is 11.2. The monoisotopic (exact) mass is 496 g/mol. The van der Waals surface area contributed by atoms with Crippen molar-refractivity contribution in [1.29, 1.82) is 0 Å². The van der Waals surface area contributed by atoms with E-state index in [-0.39, 0.29) is 5.75 Å². The van der Waals surface area contributed by atoms with E-state index in [4.69, 9.17) is 38.3 Å². The van der Waals surface area contributed by atoms with Gasteiger partial charge in [-0.05, 0) is 49.3 Å². The minimum atomic E-state index is -1.87. The van der Waals surface area contributed by atoms with Gasteiger partial charge in [-0.2, -0.15) is 0 Å². The number of carboxylic acids is 2. The number of rotatable bonds is 11. The van der Waals surface area contributed by atoms with Crippen molar-refractivity contribution in [2.45, 2.75) is 56.4 Å². The summed E-state index contributed by atoms with van der Waals surface area (Å²) in [5.74, 6) is -2.31. The first kappa shape index (κ1) is 27.3. The highest BCUT2D eigenvalue weighted by atomic mass is 32.1. The zero-order valence-electron chi connectivity index (χ0n) is 18.2. The Morgan fingerprint density at radius 3 is 2.32 bits per heavy atom. The number of unbranched alkanes of at least 4 members (excludes halogenated alkanes) is 2. The summed E-state index contributed by atoms with van der Waals surface area (Å²) in [5.41, 5.74) is 0.651. The lowest BCUT2D eigenvalue weighted by Gasteiger charge is -2.40. The van der Waals surface area contributed by atoms with E-state index in [2.05, 4.69) is 16.6 Å². The highest BCUT2D eigenvalue weighted by Crippen LogP contribution is 2.28. The Balaban J connectivity index is 1.95. The number of benzene rings is 1. The van der Waals surface area contributed by atoms with Gasteiger partial charge in [0.2, 0.25) is 6.29 Å². The average molecular weight is 497 g/mol. The van der Waals surface area contributed by atoms with Crippen LogP contribution in [-0.2, 0) is 14.3 Å². The molecule has 1 fully saturated rings. The van der Waals surface area contributed by atoms with E-state index < -0.39 is 55.0 Å². The molecule has 0 saturated carbocycles. The second-order valence-corrected chi connectivity index (χ2v) is 8.07. The fourth-order valence-corrected chi connectivity index (χ4v) is 3.45. The van der Waals surface area contributed by atoms with E-state index in [0.717, 1.165) is 12.8 Å². The molecule has 2 rings (SSSR count). The molecule has 5 atom stereocenters. The topological polar surface area (TPSA) is 178 Å². The molecule has 0 bridgehead atoms. The lowest BCUT2D eigenvalue weighted by atomic mass is 9.91. The van der Waals surface area contributed by atoms with Gasteiger partial charge < -0.3 is 45.6 Å². The molecule has 0 radical (unpaired) electrons. The molecule has 1 heterocycles. The first-order chi connectivity index (χ1) is 16.1. The van der Waals surface area contributed by atoms with Gasteiger partial charge >= 0.3 is 11.9 Å². The maximum atomic E-state index is 11.2. The summed E-state index contributed by atoms with van der Waals surface area (Å²) in [6.45, 7) is 0.672. The highest BCUT2D eigenvalue weighted by Gasteiger charge is 2.47. The summed E-state index contributed by atoms with van der Waals surface area (Å²) in [4.78, 5) is 22.3. The molecule has 186 valence electrons. The van der Waals surface area contributed by atoms with Crippen molar-refractivity contribution in [3.8, 4) is 18.1 Å². The van der Waals surface area contributed by atoms with Crippen LogP contribution >= 0.6 is 12.2 Å². The smallest absolute Gasteiger partial charge is 0.317 e. The Morgan fingerprint density at radius 1 is 1.09 bits per heavy atom. The van der Waals surface area contributed by atoms with Gasteiger partial charge in [-0.3, -0.25) is 9.59 Å². The molecule has 34 heavy (non-hydrogen) atoms. The summed E-state index contributed by atoms with van der Waals surface area (Å²) in [7, 11) is 0. The van der Waals surface area contributed by atoms with Crippen molar-refractivity contribution in [2.75, 3.05) is 11.9 Å². The van der Waals surface area contributed by atoms with Crippen LogP contribution in [0.4, 0.5) is 5.69 Å². The number of aliphatic carboxylic acids is 2. The number of anilines is 1. The summed E-state index contributed by atoms with van der Waals surface area (Å²) in [5, 5.41) is 55.0. The van der Waals surface area contributed by atoms with Crippen molar-refractivity contribution in [3.63, 3.8) is 0 Å². The molecule has 3 unspecified atom stereocenters. The van der Waals surface area contributed by atoms with Gasteiger partial charge in [0.15, 0.2) is 11.0 Å². The molecule has 11 nitrogen and oxygen atoms in total. The van der Waals surface area contributed by atoms with Gasteiger partial charge in [-0.1, -0.05) is 0 Å². The van der Waals surface area contributed by atoms with Crippen LogP contribution in [0.2, 0.25) is 0 Å². The van der Waals surface area contributed by atoms with Crippen molar-refractivity contribution < 1.29 is 44.6 Å².